The molecule has 1 amide bonds. The van der Waals surface area contributed by atoms with E-state index in [1.54, 1.807) is 18.2 Å². The number of carbonyl (C=O) groups is 1. The number of rotatable bonds is 6. The van der Waals surface area contributed by atoms with Crippen molar-refractivity contribution in [2.24, 2.45) is 0 Å². The Kier molecular flexibility index (Phi) is 5.46. The summed E-state index contributed by atoms with van der Waals surface area (Å²) in [4.78, 5) is 11.5. The van der Waals surface area contributed by atoms with Gasteiger partial charge in [-0.2, -0.15) is 0 Å². The van der Waals surface area contributed by atoms with Gasteiger partial charge in [-0.15, -0.1) is 0 Å². The number of ether oxygens (including phenoxy) is 1. The second-order valence-corrected chi connectivity index (χ2v) is 6.23. The fraction of sp³-hybridized carbons (Fsp3) is 0.417. The van der Waals surface area contributed by atoms with Crippen LogP contribution in [-0.4, -0.2) is 46.4 Å². The van der Waals surface area contributed by atoms with Gasteiger partial charge in [-0.1, -0.05) is 18.2 Å². The molecule has 7 heteroatoms. The maximum Gasteiger partial charge on any atom is 0.246 e. The smallest absolute Gasteiger partial charge is 0.246 e. The summed E-state index contributed by atoms with van der Waals surface area (Å²) in [6.07, 6.45) is 0. The quantitative estimate of drug-likeness (QED) is 0.810. The van der Waals surface area contributed by atoms with E-state index in [-0.39, 0.29) is 24.0 Å². The summed E-state index contributed by atoms with van der Waals surface area (Å²) in [5.74, 6) is -0.292. The molecule has 106 valence electrons. The van der Waals surface area contributed by atoms with Crippen LogP contribution in [0.4, 0.5) is 0 Å². The Morgan fingerprint density at radius 3 is 2.53 bits per heavy atom. The second-order valence-electron chi connectivity index (χ2n) is 4.10. The first-order valence-corrected chi connectivity index (χ1v) is 7.09. The van der Waals surface area contributed by atoms with E-state index in [0.29, 0.717) is 5.56 Å². The highest BCUT2D eigenvalue weighted by Gasteiger charge is 2.20. The van der Waals surface area contributed by atoms with Crippen LogP contribution < -0.4 is 5.32 Å². The lowest BCUT2D eigenvalue weighted by Crippen LogP contribution is -2.29. The minimum atomic E-state index is -3.52. The molecular formula is C12H18N2O4S. The van der Waals surface area contributed by atoms with E-state index in [1.165, 1.54) is 27.3 Å². The SMILES string of the molecule is COCC(=O)NCc1ccccc1S(=O)(=O)N(C)C. The van der Waals surface area contributed by atoms with Gasteiger partial charge in [0.2, 0.25) is 15.9 Å². The lowest BCUT2D eigenvalue weighted by atomic mass is 10.2. The summed E-state index contributed by atoms with van der Waals surface area (Å²) in [7, 11) is 0.839. The van der Waals surface area contributed by atoms with Gasteiger partial charge in [0.15, 0.2) is 0 Å². The fourth-order valence-corrected chi connectivity index (χ4v) is 2.59. The number of hydrogen-bond acceptors (Lipinski definition) is 4. The van der Waals surface area contributed by atoms with Crippen LogP contribution in [-0.2, 0) is 26.1 Å². The number of hydrogen-bond donors (Lipinski definition) is 1. The van der Waals surface area contributed by atoms with Gasteiger partial charge < -0.3 is 10.1 Å². The molecule has 0 bridgehead atoms. The normalized spacial score (nSPS) is 11.6. The van der Waals surface area contributed by atoms with Crippen LogP contribution in [0, 0.1) is 0 Å². The maximum atomic E-state index is 12.1. The van der Waals surface area contributed by atoms with E-state index in [1.807, 2.05) is 0 Å². The van der Waals surface area contributed by atoms with Crippen LogP contribution in [0.3, 0.4) is 0 Å². The first-order valence-electron chi connectivity index (χ1n) is 5.65. The van der Waals surface area contributed by atoms with Crippen molar-refractivity contribution >= 4 is 15.9 Å². The highest BCUT2D eigenvalue weighted by atomic mass is 32.2. The number of nitrogens with zero attached hydrogens (tertiary/aromatic N) is 1. The van der Waals surface area contributed by atoms with E-state index in [0.717, 1.165) is 4.31 Å². The molecule has 6 nitrogen and oxygen atoms in total. The van der Waals surface area contributed by atoms with Gasteiger partial charge in [-0.3, -0.25) is 4.79 Å². The molecule has 0 saturated carbocycles. The van der Waals surface area contributed by atoms with E-state index >= 15 is 0 Å². The Bertz CT molecular complexity index is 540. The van der Waals surface area contributed by atoms with Crippen molar-refractivity contribution in [2.75, 3.05) is 27.8 Å². The lowest BCUT2D eigenvalue weighted by molar-refractivity contribution is -0.124. The molecule has 0 aliphatic rings. The standard InChI is InChI=1S/C12H18N2O4S/c1-14(2)19(16,17)11-7-5-4-6-10(11)8-13-12(15)9-18-3/h4-7H,8-9H2,1-3H3,(H,13,15). The van der Waals surface area contributed by atoms with Crippen molar-refractivity contribution in [1.29, 1.82) is 0 Å². The monoisotopic (exact) mass is 286 g/mol. The summed E-state index contributed by atoms with van der Waals surface area (Å²) < 4.78 is 30.1. The molecule has 0 spiro atoms. The van der Waals surface area contributed by atoms with Crippen molar-refractivity contribution in [2.45, 2.75) is 11.4 Å². The zero-order chi connectivity index (χ0) is 14.5. The number of methoxy groups -OCH3 is 1. The van der Waals surface area contributed by atoms with Crippen LogP contribution in [0.25, 0.3) is 0 Å². The van der Waals surface area contributed by atoms with Gasteiger partial charge in [0.25, 0.3) is 0 Å². The highest BCUT2D eigenvalue weighted by molar-refractivity contribution is 7.89. The number of amides is 1. The van der Waals surface area contributed by atoms with Crippen molar-refractivity contribution in [3.63, 3.8) is 0 Å². The molecule has 0 aliphatic carbocycles. The zero-order valence-corrected chi connectivity index (χ0v) is 12.0. The first-order chi connectivity index (χ1) is 8.89. The molecule has 1 aromatic carbocycles. The van der Waals surface area contributed by atoms with Gasteiger partial charge in [0, 0.05) is 27.7 Å². The molecule has 1 rings (SSSR count). The molecule has 19 heavy (non-hydrogen) atoms. The number of nitrogens with one attached hydrogen (secondary N) is 1. The van der Waals surface area contributed by atoms with Crippen LogP contribution in [0.1, 0.15) is 5.56 Å². The Labute approximate surface area is 113 Å². The van der Waals surface area contributed by atoms with Crippen LogP contribution in [0.15, 0.2) is 29.2 Å². The zero-order valence-electron chi connectivity index (χ0n) is 11.2. The summed E-state index contributed by atoms with van der Waals surface area (Å²) in [6, 6.07) is 6.57. The van der Waals surface area contributed by atoms with Gasteiger partial charge >= 0.3 is 0 Å². The molecule has 1 aromatic rings. The first kappa shape index (κ1) is 15.6. The van der Waals surface area contributed by atoms with Crippen molar-refractivity contribution < 1.29 is 17.9 Å². The predicted octanol–water partition coefficient (Wildman–Crippen LogP) is 0.200. The minimum absolute atomic E-state index is 0.0530. The molecule has 0 unspecified atom stereocenters. The summed E-state index contributed by atoms with van der Waals surface area (Å²) in [6.45, 7) is 0.0913. The highest BCUT2D eigenvalue weighted by Crippen LogP contribution is 2.18. The lowest BCUT2D eigenvalue weighted by Gasteiger charge is -2.15. The maximum absolute atomic E-state index is 12.1. The predicted molar refractivity (Wildman–Crippen MR) is 71.0 cm³/mol. The molecule has 0 aliphatic heterocycles. The fourth-order valence-electron chi connectivity index (χ4n) is 1.47. The Hall–Kier alpha value is -1.44. The molecule has 0 heterocycles. The molecule has 0 fully saturated rings. The average Bonchev–Trinajstić information content (AvgIpc) is 2.37. The third kappa shape index (κ3) is 4.02. The second kappa shape index (κ2) is 6.65. The average molecular weight is 286 g/mol. The topological polar surface area (TPSA) is 75.7 Å². The third-order valence-corrected chi connectivity index (χ3v) is 4.40. The third-order valence-electron chi connectivity index (χ3n) is 2.48. The Morgan fingerprint density at radius 2 is 1.95 bits per heavy atom. The summed E-state index contributed by atoms with van der Waals surface area (Å²) in [5, 5.41) is 2.60. The van der Waals surface area contributed by atoms with Gasteiger partial charge in [0.05, 0.1) is 4.90 Å². The molecule has 0 aromatic heterocycles. The molecule has 1 N–H and O–H groups in total. The van der Waals surface area contributed by atoms with Gasteiger partial charge in [-0.25, -0.2) is 12.7 Å². The largest absolute Gasteiger partial charge is 0.375 e. The van der Waals surface area contributed by atoms with Crippen LogP contribution in [0.5, 0.6) is 0 Å². The van der Waals surface area contributed by atoms with E-state index < -0.39 is 10.0 Å². The number of benzene rings is 1. The van der Waals surface area contributed by atoms with Crippen molar-refractivity contribution in [1.82, 2.24) is 9.62 Å². The molecular weight excluding hydrogens is 268 g/mol. The Morgan fingerprint density at radius 1 is 1.32 bits per heavy atom. The Balaban J connectivity index is 2.95. The van der Waals surface area contributed by atoms with E-state index in [9.17, 15) is 13.2 Å². The van der Waals surface area contributed by atoms with Gasteiger partial charge in [-0.05, 0) is 11.6 Å². The minimum Gasteiger partial charge on any atom is -0.375 e. The molecule has 0 radical (unpaired) electrons. The van der Waals surface area contributed by atoms with Crippen LogP contribution >= 0.6 is 0 Å². The molecule has 0 saturated heterocycles. The van der Waals surface area contributed by atoms with Crippen molar-refractivity contribution in [3.8, 4) is 0 Å². The summed E-state index contributed by atoms with van der Waals surface area (Å²) >= 11 is 0. The van der Waals surface area contributed by atoms with Crippen LogP contribution in [0.2, 0.25) is 0 Å². The van der Waals surface area contributed by atoms with Gasteiger partial charge in [0.1, 0.15) is 6.61 Å². The van der Waals surface area contributed by atoms with E-state index in [2.05, 4.69) is 10.1 Å². The number of carbonyl (C=O) groups excluding carboxylic acids is 1. The summed E-state index contributed by atoms with van der Waals surface area (Å²) in [5.41, 5.74) is 0.542. The number of sulfonamides is 1. The molecule has 0 atom stereocenters. The van der Waals surface area contributed by atoms with E-state index in [4.69, 9.17) is 0 Å². The van der Waals surface area contributed by atoms with Crippen molar-refractivity contribution in [3.05, 3.63) is 29.8 Å².